The van der Waals surface area contributed by atoms with E-state index in [1.165, 1.54) is 0 Å². The highest BCUT2D eigenvalue weighted by Gasteiger charge is 2.33. The standard InChI is InChI=1S/C22H31N5O3/c1-16-13-19(25-21(23)24-16)20(28)27-11-4-9-22(29,10-12-27)15-26(2)14-17-5-7-18(30-3)8-6-17/h5-8,13,29H,4,9-12,14-15H2,1-3H3,(H2,23,24,25). The molecule has 0 saturated carbocycles. The number of nitrogen functional groups attached to an aromatic ring is 1. The van der Waals surface area contributed by atoms with Crippen LogP contribution in [0.1, 0.15) is 41.0 Å². The number of rotatable bonds is 6. The predicted molar refractivity (Wildman–Crippen MR) is 115 cm³/mol. The van der Waals surface area contributed by atoms with Gasteiger partial charge in [0.05, 0.1) is 12.7 Å². The molecule has 1 amide bonds. The molecule has 1 aromatic heterocycles. The van der Waals surface area contributed by atoms with Gasteiger partial charge in [0.25, 0.3) is 5.91 Å². The summed E-state index contributed by atoms with van der Waals surface area (Å²) in [6, 6.07) is 9.59. The Morgan fingerprint density at radius 2 is 2.00 bits per heavy atom. The van der Waals surface area contributed by atoms with Crippen molar-refractivity contribution in [2.45, 2.75) is 38.3 Å². The molecule has 1 atom stereocenters. The smallest absolute Gasteiger partial charge is 0.272 e. The van der Waals surface area contributed by atoms with Crippen LogP contribution in [0.4, 0.5) is 5.95 Å². The Bertz CT molecular complexity index is 853. The van der Waals surface area contributed by atoms with Crippen molar-refractivity contribution in [1.29, 1.82) is 0 Å². The van der Waals surface area contributed by atoms with E-state index in [-0.39, 0.29) is 11.9 Å². The molecular formula is C22H31N5O3. The quantitative estimate of drug-likeness (QED) is 0.745. The molecule has 2 aromatic rings. The monoisotopic (exact) mass is 413 g/mol. The number of nitrogens with two attached hydrogens (primary N) is 1. The van der Waals surface area contributed by atoms with E-state index in [1.54, 1.807) is 25.0 Å². The number of ether oxygens (including phenoxy) is 1. The van der Waals surface area contributed by atoms with E-state index in [4.69, 9.17) is 10.5 Å². The molecule has 1 fully saturated rings. The van der Waals surface area contributed by atoms with Crippen molar-refractivity contribution in [3.8, 4) is 5.75 Å². The second-order valence-corrected chi connectivity index (χ2v) is 8.14. The van der Waals surface area contributed by atoms with Crippen LogP contribution in [0, 0.1) is 6.92 Å². The second kappa shape index (κ2) is 9.40. The van der Waals surface area contributed by atoms with Crippen LogP contribution in [0.2, 0.25) is 0 Å². The minimum Gasteiger partial charge on any atom is -0.497 e. The molecule has 0 radical (unpaired) electrons. The number of hydrogen-bond acceptors (Lipinski definition) is 7. The van der Waals surface area contributed by atoms with Gasteiger partial charge in [-0.2, -0.15) is 0 Å². The molecule has 1 saturated heterocycles. The van der Waals surface area contributed by atoms with Gasteiger partial charge in [-0.15, -0.1) is 0 Å². The number of aromatic nitrogens is 2. The molecule has 3 N–H and O–H groups in total. The largest absolute Gasteiger partial charge is 0.497 e. The summed E-state index contributed by atoms with van der Waals surface area (Å²) in [5.74, 6) is 0.766. The molecule has 1 aliphatic heterocycles. The summed E-state index contributed by atoms with van der Waals surface area (Å²) in [6.45, 7) is 4.13. The number of carbonyl (C=O) groups excluding carboxylic acids is 1. The average Bonchev–Trinajstić information content (AvgIpc) is 2.88. The SMILES string of the molecule is COc1ccc(CN(C)CC2(O)CCCN(C(=O)c3cc(C)nc(N)n3)CC2)cc1. The highest BCUT2D eigenvalue weighted by molar-refractivity contribution is 5.92. The van der Waals surface area contributed by atoms with Gasteiger partial charge in [-0.1, -0.05) is 12.1 Å². The van der Waals surface area contributed by atoms with E-state index in [1.807, 2.05) is 31.3 Å². The van der Waals surface area contributed by atoms with Gasteiger partial charge in [-0.3, -0.25) is 9.69 Å². The molecule has 1 aromatic carbocycles. The fourth-order valence-corrected chi connectivity index (χ4v) is 4.00. The van der Waals surface area contributed by atoms with Gasteiger partial charge in [0.1, 0.15) is 11.4 Å². The van der Waals surface area contributed by atoms with Crippen molar-refractivity contribution >= 4 is 11.9 Å². The Hall–Kier alpha value is -2.71. The zero-order chi connectivity index (χ0) is 21.7. The summed E-state index contributed by atoms with van der Waals surface area (Å²) in [4.78, 5) is 24.8. The lowest BCUT2D eigenvalue weighted by molar-refractivity contribution is -0.00402. The summed E-state index contributed by atoms with van der Waals surface area (Å²) < 4.78 is 5.20. The van der Waals surface area contributed by atoms with Gasteiger partial charge >= 0.3 is 0 Å². The number of hydrogen-bond donors (Lipinski definition) is 2. The van der Waals surface area contributed by atoms with Gasteiger partial charge in [-0.05, 0) is 57.0 Å². The molecule has 0 bridgehead atoms. The lowest BCUT2D eigenvalue weighted by atomic mass is 9.94. The first kappa shape index (κ1) is 22.0. The van der Waals surface area contributed by atoms with Crippen LogP contribution in [-0.4, -0.2) is 70.2 Å². The lowest BCUT2D eigenvalue weighted by Gasteiger charge is -2.31. The van der Waals surface area contributed by atoms with Crippen LogP contribution in [0.15, 0.2) is 30.3 Å². The molecule has 3 rings (SSSR count). The first-order chi connectivity index (χ1) is 14.3. The minimum absolute atomic E-state index is 0.102. The van der Waals surface area contributed by atoms with Crippen molar-refractivity contribution in [1.82, 2.24) is 19.8 Å². The molecule has 2 heterocycles. The van der Waals surface area contributed by atoms with Gasteiger partial charge in [0.15, 0.2) is 0 Å². The Kier molecular flexibility index (Phi) is 6.89. The van der Waals surface area contributed by atoms with Crippen LogP contribution in [-0.2, 0) is 6.54 Å². The van der Waals surface area contributed by atoms with Gasteiger partial charge in [-0.25, -0.2) is 9.97 Å². The first-order valence-corrected chi connectivity index (χ1v) is 10.2. The molecule has 8 heteroatoms. The maximum Gasteiger partial charge on any atom is 0.272 e. The molecule has 8 nitrogen and oxygen atoms in total. The minimum atomic E-state index is -0.836. The molecule has 0 spiro atoms. The molecule has 30 heavy (non-hydrogen) atoms. The van der Waals surface area contributed by atoms with Crippen LogP contribution >= 0.6 is 0 Å². The highest BCUT2D eigenvalue weighted by Crippen LogP contribution is 2.25. The van der Waals surface area contributed by atoms with Gasteiger partial charge < -0.3 is 20.5 Å². The van der Waals surface area contributed by atoms with E-state index in [0.29, 0.717) is 43.9 Å². The normalized spacial score (nSPS) is 19.6. The van der Waals surface area contributed by atoms with E-state index in [0.717, 1.165) is 24.3 Å². The molecule has 1 unspecified atom stereocenters. The number of benzene rings is 1. The molecule has 1 aliphatic rings. The third kappa shape index (κ3) is 5.67. The molecule has 0 aliphatic carbocycles. The fraction of sp³-hybridized carbons (Fsp3) is 0.500. The van der Waals surface area contributed by atoms with Crippen molar-refractivity contribution in [2.75, 3.05) is 39.5 Å². The van der Waals surface area contributed by atoms with E-state index >= 15 is 0 Å². The first-order valence-electron chi connectivity index (χ1n) is 10.2. The number of likely N-dealkylation sites (tertiary alicyclic amines) is 1. The van der Waals surface area contributed by atoms with Crippen molar-refractivity contribution < 1.29 is 14.6 Å². The third-order valence-electron chi connectivity index (χ3n) is 5.47. The summed E-state index contributed by atoms with van der Waals surface area (Å²) in [5, 5.41) is 11.2. The van der Waals surface area contributed by atoms with Crippen LogP contribution in [0.3, 0.4) is 0 Å². The van der Waals surface area contributed by atoms with Crippen LogP contribution < -0.4 is 10.5 Å². The Balaban J connectivity index is 1.59. The Labute approximate surface area is 177 Å². The number of amides is 1. The van der Waals surface area contributed by atoms with E-state index < -0.39 is 5.60 Å². The van der Waals surface area contributed by atoms with E-state index in [2.05, 4.69) is 14.9 Å². The highest BCUT2D eigenvalue weighted by atomic mass is 16.5. The third-order valence-corrected chi connectivity index (χ3v) is 5.47. The second-order valence-electron chi connectivity index (χ2n) is 8.14. The van der Waals surface area contributed by atoms with Gasteiger partial charge in [0.2, 0.25) is 5.95 Å². The van der Waals surface area contributed by atoms with Gasteiger partial charge in [0, 0.05) is 31.9 Å². The van der Waals surface area contributed by atoms with Crippen molar-refractivity contribution in [3.63, 3.8) is 0 Å². The van der Waals surface area contributed by atoms with Crippen molar-refractivity contribution in [3.05, 3.63) is 47.3 Å². The number of nitrogens with zero attached hydrogens (tertiary/aromatic N) is 4. The van der Waals surface area contributed by atoms with Crippen LogP contribution in [0.25, 0.3) is 0 Å². The summed E-state index contributed by atoms with van der Waals surface area (Å²) in [7, 11) is 3.65. The maximum atomic E-state index is 12.9. The summed E-state index contributed by atoms with van der Waals surface area (Å²) in [5.41, 5.74) is 6.98. The zero-order valence-corrected chi connectivity index (χ0v) is 18.0. The number of likely N-dealkylation sites (N-methyl/N-ethyl adjacent to an activating group) is 1. The lowest BCUT2D eigenvalue weighted by Crippen LogP contribution is -2.42. The number of aliphatic hydroxyl groups is 1. The average molecular weight is 414 g/mol. The zero-order valence-electron chi connectivity index (χ0n) is 18.0. The maximum absolute atomic E-state index is 12.9. The van der Waals surface area contributed by atoms with Crippen molar-refractivity contribution in [2.24, 2.45) is 0 Å². The Morgan fingerprint density at radius 1 is 1.27 bits per heavy atom. The number of anilines is 1. The predicted octanol–water partition coefficient (Wildman–Crippen LogP) is 1.87. The summed E-state index contributed by atoms with van der Waals surface area (Å²) in [6.07, 6.45) is 1.90. The molecular weight excluding hydrogens is 382 g/mol. The topological polar surface area (TPSA) is 105 Å². The molecule has 162 valence electrons. The van der Waals surface area contributed by atoms with Crippen LogP contribution in [0.5, 0.6) is 5.75 Å². The number of methoxy groups -OCH3 is 1. The summed E-state index contributed by atoms with van der Waals surface area (Å²) >= 11 is 0. The Morgan fingerprint density at radius 3 is 2.67 bits per heavy atom. The fourth-order valence-electron chi connectivity index (χ4n) is 4.00. The van der Waals surface area contributed by atoms with E-state index in [9.17, 15) is 9.90 Å². The number of carbonyl (C=O) groups is 1. The number of aryl methyl sites for hydroxylation is 1.